The smallest absolute Gasteiger partial charge is 0.408 e. The molecular formula is C26H43N3O4S. The normalized spacial score (nSPS) is 13.1. The molecule has 1 aromatic rings. The Bertz CT molecular complexity index is 823. The summed E-state index contributed by atoms with van der Waals surface area (Å²) in [6.07, 6.45) is 4.70. The standard InChI is InChI=1S/C26H43N3O4S/c1-9-10-11-15-27-23(30)22(20-13-12-18(2)19(3)17-20)29(7)24(31)21(14-16-34-8)28-25(32)33-26(4,5)6/h12-13,17,21-22H,9-11,14-16H2,1-8H3,(H,27,30)(H,28,32). The molecule has 0 aliphatic carbocycles. The number of likely N-dealkylation sites (N-methyl/N-ethyl adjacent to an activating group) is 1. The average molecular weight is 494 g/mol. The van der Waals surface area contributed by atoms with Gasteiger partial charge in [-0.25, -0.2) is 4.79 Å². The van der Waals surface area contributed by atoms with Crippen LogP contribution in [0.15, 0.2) is 18.2 Å². The fourth-order valence-corrected chi connectivity index (χ4v) is 3.96. The molecular weight excluding hydrogens is 450 g/mol. The third-order valence-corrected chi connectivity index (χ3v) is 6.15. The van der Waals surface area contributed by atoms with E-state index in [1.54, 1.807) is 39.6 Å². The van der Waals surface area contributed by atoms with E-state index in [1.807, 2.05) is 38.3 Å². The SMILES string of the molecule is CCCCCNC(=O)C(c1ccc(C)c(C)c1)N(C)C(=O)C(CCSC)NC(=O)OC(C)(C)C. The van der Waals surface area contributed by atoms with Crippen molar-refractivity contribution in [1.82, 2.24) is 15.5 Å². The van der Waals surface area contributed by atoms with Crippen LogP contribution in [0, 0.1) is 13.8 Å². The molecule has 3 amide bonds. The number of ether oxygens (including phenoxy) is 1. The van der Waals surface area contributed by atoms with E-state index in [0.717, 1.165) is 36.0 Å². The van der Waals surface area contributed by atoms with Gasteiger partial charge in [-0.15, -0.1) is 0 Å². The minimum atomic E-state index is -0.800. The van der Waals surface area contributed by atoms with Crippen LogP contribution in [-0.4, -0.2) is 60.1 Å². The van der Waals surface area contributed by atoms with Crippen molar-refractivity contribution in [2.24, 2.45) is 0 Å². The summed E-state index contributed by atoms with van der Waals surface area (Å²) in [6, 6.07) is 4.21. The molecule has 0 bridgehead atoms. The van der Waals surface area contributed by atoms with Gasteiger partial charge in [-0.2, -0.15) is 11.8 Å². The maximum Gasteiger partial charge on any atom is 0.408 e. The number of thioether (sulfide) groups is 1. The van der Waals surface area contributed by atoms with Gasteiger partial charge in [-0.1, -0.05) is 38.0 Å². The van der Waals surface area contributed by atoms with Gasteiger partial charge < -0.3 is 20.3 Å². The summed E-state index contributed by atoms with van der Waals surface area (Å²) in [5, 5.41) is 5.71. The van der Waals surface area contributed by atoms with Crippen LogP contribution >= 0.6 is 11.8 Å². The van der Waals surface area contributed by atoms with E-state index < -0.39 is 23.8 Å². The zero-order chi connectivity index (χ0) is 25.9. The molecule has 1 aromatic carbocycles. The number of carbonyl (C=O) groups excluding carboxylic acids is 3. The van der Waals surface area contributed by atoms with E-state index in [1.165, 1.54) is 4.90 Å². The molecule has 0 saturated carbocycles. The number of aryl methyl sites for hydroxylation is 2. The number of nitrogens with one attached hydrogen (secondary N) is 2. The second-order valence-electron chi connectivity index (χ2n) is 9.67. The highest BCUT2D eigenvalue weighted by Gasteiger charge is 2.34. The van der Waals surface area contributed by atoms with Crippen LogP contribution < -0.4 is 10.6 Å². The monoisotopic (exact) mass is 493 g/mol. The van der Waals surface area contributed by atoms with Gasteiger partial charge in [0.1, 0.15) is 17.7 Å². The van der Waals surface area contributed by atoms with Crippen LogP contribution in [0.25, 0.3) is 0 Å². The summed E-state index contributed by atoms with van der Waals surface area (Å²) in [5.74, 6) is 0.125. The number of unbranched alkanes of at least 4 members (excludes halogenated alkanes) is 2. The van der Waals surface area contributed by atoms with Gasteiger partial charge in [-0.3, -0.25) is 9.59 Å². The zero-order valence-corrected chi connectivity index (χ0v) is 22.9. The Labute approximate surface area is 209 Å². The van der Waals surface area contributed by atoms with E-state index in [9.17, 15) is 14.4 Å². The number of amides is 3. The van der Waals surface area contributed by atoms with Crippen LogP contribution in [0.1, 0.15) is 76.1 Å². The highest BCUT2D eigenvalue weighted by Crippen LogP contribution is 2.24. The van der Waals surface area contributed by atoms with Gasteiger partial charge in [0.2, 0.25) is 11.8 Å². The number of rotatable bonds is 12. The molecule has 2 atom stereocenters. The second kappa shape index (κ2) is 14.2. The molecule has 0 heterocycles. The van der Waals surface area contributed by atoms with Crippen molar-refractivity contribution in [2.75, 3.05) is 25.6 Å². The first kappa shape index (κ1) is 29.8. The number of hydrogen-bond acceptors (Lipinski definition) is 5. The third kappa shape index (κ3) is 9.95. The third-order valence-electron chi connectivity index (χ3n) is 5.51. The van der Waals surface area contributed by atoms with E-state index in [2.05, 4.69) is 17.6 Å². The summed E-state index contributed by atoms with van der Waals surface area (Å²) in [7, 11) is 1.62. The van der Waals surface area contributed by atoms with Crippen LogP contribution in [0.4, 0.5) is 4.79 Å². The minimum Gasteiger partial charge on any atom is -0.444 e. The molecule has 8 heteroatoms. The molecule has 0 aromatic heterocycles. The van der Waals surface area contributed by atoms with Gasteiger partial charge in [0.15, 0.2) is 0 Å². The number of nitrogens with zero attached hydrogens (tertiary/aromatic N) is 1. The van der Waals surface area contributed by atoms with Crippen molar-refractivity contribution >= 4 is 29.7 Å². The maximum absolute atomic E-state index is 13.6. The van der Waals surface area contributed by atoms with E-state index >= 15 is 0 Å². The lowest BCUT2D eigenvalue weighted by Crippen LogP contribution is -2.52. The van der Waals surface area contributed by atoms with Gasteiger partial charge in [0, 0.05) is 13.6 Å². The van der Waals surface area contributed by atoms with Crippen molar-refractivity contribution in [1.29, 1.82) is 0 Å². The Morgan fingerprint density at radius 3 is 2.35 bits per heavy atom. The van der Waals surface area contributed by atoms with Crippen LogP contribution in [0.2, 0.25) is 0 Å². The Hall–Kier alpha value is -2.22. The van der Waals surface area contributed by atoms with E-state index in [-0.39, 0.29) is 11.8 Å². The maximum atomic E-state index is 13.6. The molecule has 0 radical (unpaired) electrons. The predicted octanol–water partition coefficient (Wildman–Crippen LogP) is 4.76. The molecule has 0 spiro atoms. The molecule has 0 aliphatic rings. The van der Waals surface area contributed by atoms with Gasteiger partial charge in [0.05, 0.1) is 0 Å². The number of alkyl carbamates (subject to hydrolysis) is 1. The highest BCUT2D eigenvalue weighted by atomic mass is 32.2. The molecule has 0 fully saturated rings. The van der Waals surface area contributed by atoms with Crippen LogP contribution in [-0.2, 0) is 14.3 Å². The Kier molecular flexibility index (Phi) is 12.5. The number of carbonyl (C=O) groups is 3. The molecule has 0 saturated heterocycles. The molecule has 0 aliphatic heterocycles. The first-order valence-electron chi connectivity index (χ1n) is 12.0. The van der Waals surface area contributed by atoms with E-state index in [4.69, 9.17) is 4.74 Å². The van der Waals surface area contributed by atoms with Crippen molar-refractivity contribution in [3.63, 3.8) is 0 Å². The zero-order valence-electron chi connectivity index (χ0n) is 22.1. The molecule has 2 N–H and O–H groups in total. The summed E-state index contributed by atoms with van der Waals surface area (Å²) in [5.41, 5.74) is 2.23. The molecule has 7 nitrogen and oxygen atoms in total. The van der Waals surface area contributed by atoms with Gasteiger partial charge in [0.25, 0.3) is 0 Å². The van der Waals surface area contributed by atoms with Crippen LogP contribution in [0.5, 0.6) is 0 Å². The molecule has 2 unspecified atom stereocenters. The summed E-state index contributed by atoms with van der Waals surface area (Å²) >= 11 is 1.59. The van der Waals surface area contributed by atoms with Crippen molar-refractivity contribution in [3.8, 4) is 0 Å². The predicted molar refractivity (Wildman–Crippen MR) is 140 cm³/mol. The highest BCUT2D eigenvalue weighted by molar-refractivity contribution is 7.98. The number of benzene rings is 1. The van der Waals surface area contributed by atoms with Gasteiger partial charge in [-0.05, 0) is 76.2 Å². The number of hydrogen-bond donors (Lipinski definition) is 2. The molecule has 192 valence electrons. The fraction of sp³-hybridized carbons (Fsp3) is 0.654. The average Bonchev–Trinajstić information content (AvgIpc) is 2.75. The van der Waals surface area contributed by atoms with Crippen molar-refractivity contribution in [2.45, 2.75) is 84.9 Å². The van der Waals surface area contributed by atoms with Crippen molar-refractivity contribution in [3.05, 3.63) is 34.9 Å². The minimum absolute atomic E-state index is 0.226. The first-order chi connectivity index (χ1) is 15.9. The lowest BCUT2D eigenvalue weighted by Gasteiger charge is -2.32. The Morgan fingerprint density at radius 2 is 1.79 bits per heavy atom. The topological polar surface area (TPSA) is 87.7 Å². The van der Waals surface area contributed by atoms with E-state index in [0.29, 0.717) is 18.7 Å². The Morgan fingerprint density at radius 1 is 1.12 bits per heavy atom. The quantitative estimate of drug-likeness (QED) is 0.410. The van der Waals surface area contributed by atoms with Crippen LogP contribution in [0.3, 0.4) is 0 Å². The molecule has 34 heavy (non-hydrogen) atoms. The largest absolute Gasteiger partial charge is 0.444 e. The lowest BCUT2D eigenvalue weighted by molar-refractivity contribution is -0.140. The Balaban J connectivity index is 3.19. The first-order valence-corrected chi connectivity index (χ1v) is 13.4. The summed E-state index contributed by atoms with van der Waals surface area (Å²) in [6.45, 7) is 12.0. The van der Waals surface area contributed by atoms with Crippen molar-refractivity contribution < 1.29 is 19.1 Å². The summed E-state index contributed by atoms with van der Waals surface area (Å²) in [4.78, 5) is 40.7. The fourth-order valence-electron chi connectivity index (χ4n) is 3.48. The van der Waals surface area contributed by atoms with Gasteiger partial charge >= 0.3 is 6.09 Å². The lowest BCUT2D eigenvalue weighted by atomic mass is 9.98. The summed E-state index contributed by atoms with van der Waals surface area (Å²) < 4.78 is 5.37. The second-order valence-corrected chi connectivity index (χ2v) is 10.7. The molecule has 1 rings (SSSR count).